The average molecular weight is 280 g/mol. The number of likely N-dealkylation sites (tertiary alicyclic amines) is 1. The highest BCUT2D eigenvalue weighted by Gasteiger charge is 2.34. The van der Waals surface area contributed by atoms with Crippen molar-refractivity contribution < 1.29 is 14.1 Å². The zero-order valence-corrected chi connectivity index (χ0v) is 11.5. The molecule has 108 valence electrons. The minimum atomic E-state index is -0.972. The second-order valence-corrected chi connectivity index (χ2v) is 5.12. The maximum absolute atomic E-state index is 13.6. The van der Waals surface area contributed by atoms with Crippen molar-refractivity contribution in [2.24, 2.45) is 0 Å². The van der Waals surface area contributed by atoms with Gasteiger partial charge >= 0.3 is 5.69 Å². The number of nitrogens with zero attached hydrogens (tertiary/aromatic N) is 2. The van der Waals surface area contributed by atoms with E-state index in [2.05, 4.69) is 0 Å². The number of nitro groups is 1. The first-order valence-electron chi connectivity index (χ1n) is 6.72. The summed E-state index contributed by atoms with van der Waals surface area (Å²) in [5.74, 6) is -1.23. The molecule has 1 amide bonds. The summed E-state index contributed by atoms with van der Waals surface area (Å²) in [4.78, 5) is 24.0. The largest absolute Gasteiger partial charge is 0.333 e. The summed E-state index contributed by atoms with van der Waals surface area (Å²) < 4.78 is 13.6. The van der Waals surface area contributed by atoms with E-state index in [1.165, 1.54) is 6.07 Å². The van der Waals surface area contributed by atoms with Gasteiger partial charge < -0.3 is 4.90 Å². The van der Waals surface area contributed by atoms with Gasteiger partial charge in [0, 0.05) is 23.7 Å². The van der Waals surface area contributed by atoms with E-state index in [9.17, 15) is 19.3 Å². The van der Waals surface area contributed by atoms with E-state index in [1.54, 1.807) is 4.90 Å². The molecule has 1 aromatic rings. The van der Waals surface area contributed by atoms with Crippen LogP contribution in [-0.2, 0) is 0 Å². The van der Waals surface area contributed by atoms with Gasteiger partial charge in [-0.1, -0.05) is 6.92 Å². The molecule has 0 bridgehead atoms. The summed E-state index contributed by atoms with van der Waals surface area (Å²) in [6, 6.07) is 3.60. The molecule has 0 aliphatic carbocycles. The van der Waals surface area contributed by atoms with Crippen LogP contribution in [0.15, 0.2) is 18.2 Å². The fourth-order valence-corrected chi connectivity index (χ4v) is 2.78. The van der Waals surface area contributed by atoms with E-state index < -0.39 is 16.4 Å². The Morgan fingerprint density at radius 1 is 1.50 bits per heavy atom. The van der Waals surface area contributed by atoms with Crippen molar-refractivity contribution in [1.29, 1.82) is 0 Å². The number of amides is 1. The molecule has 0 radical (unpaired) electrons. The van der Waals surface area contributed by atoms with E-state index in [0.717, 1.165) is 31.4 Å². The van der Waals surface area contributed by atoms with Crippen LogP contribution in [0.1, 0.15) is 43.5 Å². The molecule has 2 rings (SSSR count). The van der Waals surface area contributed by atoms with Crippen molar-refractivity contribution in [3.63, 3.8) is 0 Å². The first kappa shape index (κ1) is 14.4. The van der Waals surface area contributed by atoms with Crippen molar-refractivity contribution in [3.05, 3.63) is 39.7 Å². The van der Waals surface area contributed by atoms with Crippen molar-refractivity contribution in [3.8, 4) is 0 Å². The predicted molar refractivity (Wildman–Crippen MR) is 72.0 cm³/mol. The second-order valence-electron chi connectivity index (χ2n) is 5.12. The second kappa shape index (κ2) is 5.56. The Morgan fingerprint density at radius 3 is 2.75 bits per heavy atom. The fraction of sp³-hybridized carbons (Fsp3) is 0.500. The number of hydrogen-bond acceptors (Lipinski definition) is 3. The average Bonchev–Trinajstić information content (AvgIpc) is 2.78. The molecule has 1 aliphatic rings. The molecule has 2 unspecified atom stereocenters. The van der Waals surface area contributed by atoms with Crippen molar-refractivity contribution >= 4 is 11.6 Å². The van der Waals surface area contributed by atoms with E-state index >= 15 is 0 Å². The molecule has 1 heterocycles. The number of hydrogen-bond donors (Lipinski definition) is 0. The molecule has 0 spiro atoms. The van der Waals surface area contributed by atoms with Crippen LogP contribution in [0.2, 0.25) is 0 Å². The van der Waals surface area contributed by atoms with Crippen LogP contribution in [-0.4, -0.2) is 27.8 Å². The Kier molecular flexibility index (Phi) is 4.01. The van der Waals surface area contributed by atoms with Crippen LogP contribution in [0.4, 0.5) is 10.1 Å². The van der Waals surface area contributed by atoms with Gasteiger partial charge in [-0.25, -0.2) is 0 Å². The van der Waals surface area contributed by atoms with Gasteiger partial charge in [-0.05, 0) is 38.3 Å². The number of halogens is 1. The van der Waals surface area contributed by atoms with E-state index in [1.807, 2.05) is 13.8 Å². The lowest BCUT2D eigenvalue weighted by Gasteiger charge is -2.28. The van der Waals surface area contributed by atoms with Crippen LogP contribution in [0.5, 0.6) is 0 Å². The highest BCUT2D eigenvalue weighted by Crippen LogP contribution is 2.28. The Balaban J connectivity index is 2.29. The minimum Gasteiger partial charge on any atom is -0.333 e. The Hall–Kier alpha value is -1.98. The highest BCUT2D eigenvalue weighted by atomic mass is 19.1. The first-order chi connectivity index (χ1) is 9.45. The zero-order valence-electron chi connectivity index (χ0n) is 11.5. The van der Waals surface area contributed by atoms with Crippen LogP contribution in [0.3, 0.4) is 0 Å². The number of carbonyl (C=O) groups excluding carboxylic acids is 1. The van der Waals surface area contributed by atoms with Crippen LogP contribution in [0.25, 0.3) is 0 Å². The van der Waals surface area contributed by atoms with E-state index in [4.69, 9.17) is 0 Å². The lowest BCUT2D eigenvalue weighted by atomic mass is 10.1. The number of nitro benzene ring substituents is 1. The summed E-state index contributed by atoms with van der Waals surface area (Å²) in [6.45, 7) is 3.98. The summed E-state index contributed by atoms with van der Waals surface area (Å²) in [5.41, 5.74) is -0.441. The van der Waals surface area contributed by atoms with Gasteiger partial charge in [-0.2, -0.15) is 4.39 Å². The molecular weight excluding hydrogens is 263 g/mol. The number of benzene rings is 1. The quantitative estimate of drug-likeness (QED) is 0.631. The van der Waals surface area contributed by atoms with Crippen molar-refractivity contribution in [2.45, 2.75) is 45.2 Å². The SMILES string of the molecule is CCC1CCC(C)N1C(=O)c1ccc([N+](=O)[O-])c(F)c1. The maximum atomic E-state index is 13.6. The standard InChI is InChI=1S/C14H17FN2O3/c1-3-11-6-4-9(2)16(11)14(18)10-5-7-13(17(19)20)12(15)8-10/h5,7-9,11H,3-4,6H2,1-2H3. The fourth-order valence-electron chi connectivity index (χ4n) is 2.78. The molecule has 0 saturated carbocycles. The van der Waals surface area contributed by atoms with Crippen LogP contribution < -0.4 is 0 Å². The maximum Gasteiger partial charge on any atom is 0.304 e. The molecule has 1 saturated heterocycles. The molecule has 1 aliphatic heterocycles. The smallest absolute Gasteiger partial charge is 0.304 e. The van der Waals surface area contributed by atoms with Gasteiger partial charge in [0.2, 0.25) is 5.82 Å². The monoisotopic (exact) mass is 280 g/mol. The molecule has 0 N–H and O–H groups in total. The van der Waals surface area contributed by atoms with Gasteiger partial charge in [-0.15, -0.1) is 0 Å². The topological polar surface area (TPSA) is 63.5 Å². The molecule has 5 nitrogen and oxygen atoms in total. The summed E-state index contributed by atoms with van der Waals surface area (Å²) in [6.07, 6.45) is 2.73. The molecule has 20 heavy (non-hydrogen) atoms. The third-order valence-electron chi connectivity index (χ3n) is 3.88. The Morgan fingerprint density at radius 2 is 2.20 bits per heavy atom. The lowest BCUT2D eigenvalue weighted by molar-refractivity contribution is -0.387. The van der Waals surface area contributed by atoms with Crippen molar-refractivity contribution in [2.75, 3.05) is 0 Å². The van der Waals surface area contributed by atoms with Gasteiger partial charge in [0.1, 0.15) is 0 Å². The normalized spacial score (nSPS) is 22.1. The van der Waals surface area contributed by atoms with Gasteiger partial charge in [0.15, 0.2) is 0 Å². The molecule has 1 fully saturated rings. The highest BCUT2D eigenvalue weighted by molar-refractivity contribution is 5.95. The van der Waals surface area contributed by atoms with Gasteiger partial charge in [0.05, 0.1) is 4.92 Å². The molecule has 1 aromatic carbocycles. The number of carbonyl (C=O) groups is 1. The Labute approximate surface area is 116 Å². The summed E-state index contributed by atoms with van der Waals surface area (Å²) in [7, 11) is 0. The molecular formula is C14H17FN2O3. The van der Waals surface area contributed by atoms with Crippen LogP contribution >= 0.6 is 0 Å². The van der Waals surface area contributed by atoms with E-state index in [-0.39, 0.29) is 23.6 Å². The number of rotatable bonds is 3. The third-order valence-corrected chi connectivity index (χ3v) is 3.88. The lowest BCUT2D eigenvalue weighted by Crippen LogP contribution is -2.39. The molecule has 2 atom stereocenters. The zero-order chi connectivity index (χ0) is 14.9. The van der Waals surface area contributed by atoms with E-state index in [0.29, 0.717) is 0 Å². The summed E-state index contributed by atoms with van der Waals surface area (Å²) >= 11 is 0. The molecule has 0 aromatic heterocycles. The summed E-state index contributed by atoms with van der Waals surface area (Å²) in [5, 5.41) is 10.6. The van der Waals surface area contributed by atoms with Gasteiger partial charge in [-0.3, -0.25) is 14.9 Å². The van der Waals surface area contributed by atoms with Crippen molar-refractivity contribution in [1.82, 2.24) is 4.90 Å². The van der Waals surface area contributed by atoms with Gasteiger partial charge in [0.25, 0.3) is 5.91 Å². The minimum absolute atomic E-state index is 0.116. The van der Waals surface area contributed by atoms with Crippen LogP contribution in [0, 0.1) is 15.9 Å². The molecule has 6 heteroatoms. The Bertz CT molecular complexity index is 547. The first-order valence-corrected chi connectivity index (χ1v) is 6.72. The predicted octanol–water partition coefficient (Wildman–Crippen LogP) is 3.14. The third kappa shape index (κ3) is 2.50.